The van der Waals surface area contributed by atoms with E-state index in [0.717, 1.165) is 57.8 Å². The molecule has 72 heavy (non-hydrogen) atoms. The highest BCUT2D eigenvalue weighted by Crippen LogP contribution is 2.19. The van der Waals surface area contributed by atoms with Crippen molar-refractivity contribution in [3.63, 3.8) is 0 Å². The first-order valence-corrected chi connectivity index (χ1v) is 33.0. The zero-order valence-corrected chi connectivity index (χ0v) is 49.2. The number of hydrogen-bond acceptors (Lipinski definition) is 6. The van der Waals surface area contributed by atoms with Crippen molar-refractivity contribution in [3.8, 4) is 0 Å². The van der Waals surface area contributed by atoms with Crippen LogP contribution in [0.4, 0.5) is 0 Å². The van der Waals surface area contributed by atoms with Crippen molar-refractivity contribution >= 4 is 17.9 Å². The van der Waals surface area contributed by atoms with E-state index in [2.05, 4.69) is 20.8 Å². The van der Waals surface area contributed by atoms with Crippen molar-refractivity contribution < 1.29 is 28.6 Å². The van der Waals surface area contributed by atoms with E-state index in [4.69, 9.17) is 14.2 Å². The van der Waals surface area contributed by atoms with Gasteiger partial charge in [0.1, 0.15) is 13.2 Å². The third-order valence-electron chi connectivity index (χ3n) is 15.4. The van der Waals surface area contributed by atoms with E-state index in [9.17, 15) is 14.4 Å². The van der Waals surface area contributed by atoms with Crippen LogP contribution in [0.15, 0.2) is 0 Å². The molecule has 0 fully saturated rings. The molecule has 1 atom stereocenters. The van der Waals surface area contributed by atoms with Crippen LogP contribution in [0.2, 0.25) is 0 Å². The second-order valence-electron chi connectivity index (χ2n) is 22.8. The van der Waals surface area contributed by atoms with Crippen LogP contribution < -0.4 is 0 Å². The van der Waals surface area contributed by atoms with Gasteiger partial charge in [0.15, 0.2) is 6.10 Å². The first kappa shape index (κ1) is 70.4. The lowest BCUT2D eigenvalue weighted by atomic mass is 10.0. The lowest BCUT2D eigenvalue weighted by Gasteiger charge is -2.18. The summed E-state index contributed by atoms with van der Waals surface area (Å²) in [4.78, 5) is 38.0. The zero-order chi connectivity index (χ0) is 52.2. The Hall–Kier alpha value is -1.59. The van der Waals surface area contributed by atoms with Gasteiger partial charge in [-0.1, -0.05) is 348 Å². The summed E-state index contributed by atoms with van der Waals surface area (Å²) in [6, 6.07) is 0. The first-order valence-electron chi connectivity index (χ1n) is 33.0. The highest BCUT2D eigenvalue weighted by molar-refractivity contribution is 5.71. The molecule has 0 amide bonds. The molecule has 6 heteroatoms. The Balaban J connectivity index is 3.90. The molecule has 0 saturated carbocycles. The van der Waals surface area contributed by atoms with Crippen LogP contribution in [0, 0.1) is 0 Å². The number of esters is 3. The Morgan fingerprint density at radius 1 is 0.222 bits per heavy atom. The fourth-order valence-electron chi connectivity index (χ4n) is 10.4. The molecule has 0 bridgehead atoms. The second kappa shape index (κ2) is 62.0. The van der Waals surface area contributed by atoms with Gasteiger partial charge in [0.25, 0.3) is 0 Å². The monoisotopic (exact) mass is 1020 g/mol. The van der Waals surface area contributed by atoms with Crippen LogP contribution in [-0.2, 0) is 28.6 Å². The molecular formula is C66H128O6. The van der Waals surface area contributed by atoms with Crippen LogP contribution in [0.25, 0.3) is 0 Å². The van der Waals surface area contributed by atoms with Gasteiger partial charge in [-0.05, 0) is 19.3 Å². The molecule has 428 valence electrons. The molecule has 0 aliphatic heterocycles. The SMILES string of the molecule is CCCCCCCCCCCCCCCCCCCCCCCCCCCCCCCCCCCC(=O)OCC(COC(=O)CCCCCCCCCC)OC(=O)CCCCCCCCCCCCCCC. The third-order valence-corrected chi connectivity index (χ3v) is 15.4. The Labute approximate surface area is 450 Å². The Bertz CT molecular complexity index is 1080. The van der Waals surface area contributed by atoms with Crippen LogP contribution >= 0.6 is 0 Å². The van der Waals surface area contributed by atoms with Crippen molar-refractivity contribution in [1.29, 1.82) is 0 Å². The van der Waals surface area contributed by atoms with E-state index in [1.54, 1.807) is 0 Å². The van der Waals surface area contributed by atoms with Crippen molar-refractivity contribution in [2.45, 2.75) is 393 Å². The van der Waals surface area contributed by atoms with E-state index in [-0.39, 0.29) is 31.1 Å². The van der Waals surface area contributed by atoms with E-state index in [1.165, 1.54) is 289 Å². The minimum absolute atomic E-state index is 0.0616. The number of ether oxygens (including phenoxy) is 3. The van der Waals surface area contributed by atoms with E-state index >= 15 is 0 Å². The zero-order valence-electron chi connectivity index (χ0n) is 49.2. The summed E-state index contributed by atoms with van der Waals surface area (Å²) in [6.45, 7) is 6.68. The average molecular weight is 1020 g/mol. The summed E-state index contributed by atoms with van der Waals surface area (Å²) in [5, 5.41) is 0. The molecule has 1 unspecified atom stereocenters. The minimum Gasteiger partial charge on any atom is -0.462 e. The third kappa shape index (κ3) is 59.3. The Kier molecular flexibility index (Phi) is 60.6. The fourth-order valence-corrected chi connectivity index (χ4v) is 10.4. The van der Waals surface area contributed by atoms with Gasteiger partial charge < -0.3 is 14.2 Å². The molecule has 0 spiro atoms. The van der Waals surface area contributed by atoms with Crippen LogP contribution in [0.3, 0.4) is 0 Å². The van der Waals surface area contributed by atoms with Crippen LogP contribution in [-0.4, -0.2) is 37.2 Å². The first-order chi connectivity index (χ1) is 35.5. The maximum Gasteiger partial charge on any atom is 0.306 e. The predicted octanol–water partition coefficient (Wildman–Crippen LogP) is 22.3. The standard InChI is InChI=1S/C66H128O6/c1-4-7-10-13-16-19-21-23-24-25-26-27-28-29-30-31-32-33-34-35-36-37-38-39-40-41-42-44-45-47-50-53-56-59-65(68)71-62-63(61-70-64(67)58-55-52-49-18-15-12-9-6-3)72-66(69)60-57-54-51-48-46-43-22-20-17-14-11-8-5-2/h63H,4-62H2,1-3H3. The maximum absolute atomic E-state index is 12.8. The molecule has 0 aromatic heterocycles. The number of unbranched alkanes of at least 4 members (excludes halogenated alkanes) is 51. The highest BCUT2D eigenvalue weighted by atomic mass is 16.6. The van der Waals surface area contributed by atoms with Crippen LogP contribution in [0.1, 0.15) is 387 Å². The summed E-state index contributed by atoms with van der Waals surface area (Å²) < 4.78 is 16.8. The summed E-state index contributed by atoms with van der Waals surface area (Å²) >= 11 is 0. The molecule has 0 radical (unpaired) electrons. The van der Waals surface area contributed by atoms with E-state index in [0.29, 0.717) is 19.3 Å². The van der Waals surface area contributed by atoms with Crippen molar-refractivity contribution in [3.05, 3.63) is 0 Å². The Morgan fingerprint density at radius 3 is 0.556 bits per heavy atom. The van der Waals surface area contributed by atoms with Crippen molar-refractivity contribution in [1.82, 2.24) is 0 Å². The molecule has 0 aromatic carbocycles. The van der Waals surface area contributed by atoms with Gasteiger partial charge in [0.2, 0.25) is 0 Å². The van der Waals surface area contributed by atoms with Gasteiger partial charge in [0, 0.05) is 19.3 Å². The molecule has 0 rings (SSSR count). The number of carbonyl (C=O) groups excluding carboxylic acids is 3. The lowest BCUT2D eigenvalue weighted by molar-refractivity contribution is -0.167. The maximum atomic E-state index is 12.8. The molecule has 0 heterocycles. The average Bonchev–Trinajstić information content (AvgIpc) is 3.38. The predicted molar refractivity (Wildman–Crippen MR) is 312 cm³/mol. The molecule has 0 saturated heterocycles. The van der Waals surface area contributed by atoms with Gasteiger partial charge in [0.05, 0.1) is 0 Å². The largest absolute Gasteiger partial charge is 0.462 e. The topological polar surface area (TPSA) is 78.9 Å². The second-order valence-corrected chi connectivity index (χ2v) is 22.8. The lowest BCUT2D eigenvalue weighted by Crippen LogP contribution is -2.30. The van der Waals surface area contributed by atoms with Crippen LogP contribution in [0.5, 0.6) is 0 Å². The summed E-state index contributed by atoms with van der Waals surface area (Å²) in [5.41, 5.74) is 0. The Morgan fingerprint density at radius 2 is 0.375 bits per heavy atom. The minimum atomic E-state index is -0.760. The van der Waals surface area contributed by atoms with Crippen molar-refractivity contribution in [2.75, 3.05) is 13.2 Å². The normalized spacial score (nSPS) is 11.9. The van der Waals surface area contributed by atoms with Gasteiger partial charge in [-0.2, -0.15) is 0 Å². The van der Waals surface area contributed by atoms with Gasteiger partial charge in [-0.3, -0.25) is 14.4 Å². The molecule has 0 aromatic rings. The fraction of sp³-hybridized carbons (Fsp3) is 0.955. The van der Waals surface area contributed by atoms with Gasteiger partial charge >= 0.3 is 17.9 Å². The summed E-state index contributed by atoms with van der Waals surface area (Å²) in [7, 11) is 0. The van der Waals surface area contributed by atoms with Gasteiger partial charge in [-0.25, -0.2) is 0 Å². The molecule has 0 aliphatic rings. The molecule has 6 nitrogen and oxygen atoms in total. The number of hydrogen-bond donors (Lipinski definition) is 0. The quantitative estimate of drug-likeness (QED) is 0.0343. The molecular weight excluding hydrogens is 889 g/mol. The summed E-state index contributed by atoms with van der Waals surface area (Å²) in [5.74, 6) is -0.838. The number of rotatable bonds is 62. The molecule has 0 N–H and O–H groups in total. The molecule has 0 aliphatic carbocycles. The smallest absolute Gasteiger partial charge is 0.306 e. The van der Waals surface area contributed by atoms with Crippen molar-refractivity contribution in [2.24, 2.45) is 0 Å². The number of carbonyl (C=O) groups is 3. The summed E-state index contributed by atoms with van der Waals surface area (Å²) in [6.07, 6.45) is 71.6. The van der Waals surface area contributed by atoms with Gasteiger partial charge in [-0.15, -0.1) is 0 Å². The van der Waals surface area contributed by atoms with E-state index in [1.807, 2.05) is 0 Å². The van der Waals surface area contributed by atoms with E-state index < -0.39 is 6.10 Å². The highest BCUT2D eigenvalue weighted by Gasteiger charge is 2.19.